The molecular formula is C19H20N2O4S. The largest absolute Gasteiger partial charge is 0.481 e. The van der Waals surface area contributed by atoms with Crippen LogP contribution in [0.2, 0.25) is 0 Å². The Bertz CT molecular complexity index is 790. The molecule has 0 aliphatic carbocycles. The van der Waals surface area contributed by atoms with Crippen molar-refractivity contribution in [2.24, 2.45) is 0 Å². The van der Waals surface area contributed by atoms with Crippen molar-refractivity contribution in [3.8, 4) is 0 Å². The van der Waals surface area contributed by atoms with Crippen LogP contribution < -0.4 is 10.6 Å². The molecular weight excluding hydrogens is 352 g/mol. The maximum Gasteiger partial charge on any atom is 0.303 e. The highest BCUT2D eigenvalue weighted by molar-refractivity contribution is 8.00. The number of thioether (sulfide) groups is 1. The van der Waals surface area contributed by atoms with Gasteiger partial charge in [-0.1, -0.05) is 18.2 Å². The van der Waals surface area contributed by atoms with E-state index in [2.05, 4.69) is 10.6 Å². The van der Waals surface area contributed by atoms with Crippen LogP contribution in [0.15, 0.2) is 53.4 Å². The van der Waals surface area contributed by atoms with Gasteiger partial charge in [-0.05, 0) is 42.8 Å². The van der Waals surface area contributed by atoms with Crippen LogP contribution in [0, 0.1) is 6.92 Å². The zero-order valence-corrected chi connectivity index (χ0v) is 15.1. The van der Waals surface area contributed by atoms with Gasteiger partial charge in [-0.3, -0.25) is 14.4 Å². The van der Waals surface area contributed by atoms with Crippen molar-refractivity contribution in [3.05, 3.63) is 54.1 Å². The Kier molecular flexibility index (Phi) is 7.23. The van der Waals surface area contributed by atoms with E-state index in [-0.39, 0.29) is 30.4 Å². The third-order valence-electron chi connectivity index (χ3n) is 3.49. The number of carbonyl (C=O) groups excluding carboxylic acids is 2. The normalized spacial score (nSPS) is 10.2. The molecule has 0 aromatic heterocycles. The summed E-state index contributed by atoms with van der Waals surface area (Å²) < 4.78 is 0. The van der Waals surface area contributed by atoms with E-state index in [1.54, 1.807) is 24.3 Å². The predicted molar refractivity (Wildman–Crippen MR) is 102 cm³/mol. The lowest BCUT2D eigenvalue weighted by atomic mass is 10.2. The van der Waals surface area contributed by atoms with Gasteiger partial charge in [-0.15, -0.1) is 11.8 Å². The van der Waals surface area contributed by atoms with Crippen LogP contribution in [-0.4, -0.2) is 28.6 Å². The highest BCUT2D eigenvalue weighted by atomic mass is 32.2. The van der Waals surface area contributed by atoms with Gasteiger partial charge in [0.25, 0.3) is 0 Å². The number of para-hydroxylation sites is 1. The number of aryl methyl sites for hydroxylation is 1. The van der Waals surface area contributed by atoms with E-state index in [1.807, 2.05) is 31.2 Å². The summed E-state index contributed by atoms with van der Waals surface area (Å²) in [6, 6.07) is 14.6. The Morgan fingerprint density at radius 2 is 1.62 bits per heavy atom. The summed E-state index contributed by atoms with van der Waals surface area (Å²) in [7, 11) is 0. The van der Waals surface area contributed by atoms with E-state index in [4.69, 9.17) is 5.11 Å². The molecule has 136 valence electrons. The van der Waals surface area contributed by atoms with Gasteiger partial charge in [-0.25, -0.2) is 0 Å². The molecule has 2 aromatic carbocycles. The average Bonchev–Trinajstić information content (AvgIpc) is 2.61. The lowest BCUT2D eigenvalue weighted by Gasteiger charge is -2.08. The first-order valence-electron chi connectivity index (χ1n) is 8.04. The number of hydrogen-bond acceptors (Lipinski definition) is 4. The number of carbonyl (C=O) groups is 3. The molecule has 0 saturated carbocycles. The van der Waals surface area contributed by atoms with E-state index in [9.17, 15) is 14.4 Å². The van der Waals surface area contributed by atoms with Crippen LogP contribution >= 0.6 is 11.8 Å². The van der Waals surface area contributed by atoms with Gasteiger partial charge >= 0.3 is 5.97 Å². The van der Waals surface area contributed by atoms with Crippen molar-refractivity contribution < 1.29 is 19.5 Å². The Morgan fingerprint density at radius 3 is 2.27 bits per heavy atom. The first-order chi connectivity index (χ1) is 12.4. The van der Waals surface area contributed by atoms with Crippen LogP contribution in [0.3, 0.4) is 0 Å². The number of hydrogen-bond donors (Lipinski definition) is 3. The number of aliphatic carboxylic acids is 1. The van der Waals surface area contributed by atoms with Crippen molar-refractivity contribution in [2.75, 3.05) is 16.4 Å². The molecule has 7 heteroatoms. The standard InChI is InChI=1S/C19H20N2O4S/c1-13-4-2-3-5-16(13)21-18(23)12-26-15-8-6-14(7-9-15)20-17(22)10-11-19(24)25/h2-9H,10-12H2,1H3,(H,20,22)(H,21,23)(H,24,25). The van der Waals surface area contributed by atoms with Gasteiger partial charge in [0.1, 0.15) is 0 Å². The molecule has 0 aliphatic heterocycles. The first-order valence-corrected chi connectivity index (χ1v) is 9.02. The van der Waals surface area contributed by atoms with E-state index in [0.717, 1.165) is 16.1 Å². The van der Waals surface area contributed by atoms with E-state index in [0.29, 0.717) is 5.69 Å². The maximum absolute atomic E-state index is 12.0. The summed E-state index contributed by atoms with van der Waals surface area (Å²) in [5, 5.41) is 14.1. The van der Waals surface area contributed by atoms with Gasteiger partial charge in [0.15, 0.2) is 0 Å². The Balaban J connectivity index is 1.80. The monoisotopic (exact) mass is 372 g/mol. The lowest BCUT2D eigenvalue weighted by molar-refractivity contribution is -0.138. The summed E-state index contributed by atoms with van der Waals surface area (Å²) in [6.07, 6.45) is -0.263. The summed E-state index contributed by atoms with van der Waals surface area (Å²) in [5.74, 6) is -1.16. The molecule has 0 atom stereocenters. The summed E-state index contributed by atoms with van der Waals surface area (Å²) in [5.41, 5.74) is 2.40. The minimum atomic E-state index is -1.00. The topological polar surface area (TPSA) is 95.5 Å². The van der Waals surface area contributed by atoms with Gasteiger partial charge in [0.05, 0.1) is 12.2 Å². The van der Waals surface area contributed by atoms with E-state index >= 15 is 0 Å². The third kappa shape index (κ3) is 6.60. The van der Waals surface area contributed by atoms with E-state index < -0.39 is 5.97 Å². The van der Waals surface area contributed by atoms with Crippen molar-refractivity contribution in [2.45, 2.75) is 24.7 Å². The second kappa shape index (κ2) is 9.62. The number of benzene rings is 2. The van der Waals surface area contributed by atoms with Gasteiger partial charge < -0.3 is 15.7 Å². The highest BCUT2D eigenvalue weighted by Crippen LogP contribution is 2.21. The molecule has 2 amide bonds. The van der Waals surface area contributed by atoms with Crippen molar-refractivity contribution in [1.29, 1.82) is 0 Å². The fourth-order valence-corrected chi connectivity index (χ4v) is 2.83. The molecule has 6 nitrogen and oxygen atoms in total. The smallest absolute Gasteiger partial charge is 0.303 e. The Hall–Kier alpha value is -2.80. The maximum atomic E-state index is 12.0. The number of nitrogens with one attached hydrogen (secondary N) is 2. The minimum absolute atomic E-state index is 0.0646. The molecule has 0 radical (unpaired) electrons. The fourth-order valence-electron chi connectivity index (χ4n) is 2.13. The Labute approximate surface area is 156 Å². The van der Waals surface area contributed by atoms with Crippen LogP contribution in [0.1, 0.15) is 18.4 Å². The molecule has 0 aliphatic rings. The fraction of sp³-hybridized carbons (Fsp3) is 0.211. The minimum Gasteiger partial charge on any atom is -0.481 e. The first kappa shape index (κ1) is 19.5. The predicted octanol–water partition coefficient (Wildman–Crippen LogP) is 3.53. The molecule has 0 bridgehead atoms. The lowest BCUT2D eigenvalue weighted by Crippen LogP contribution is -2.14. The summed E-state index contributed by atoms with van der Waals surface area (Å²) >= 11 is 1.39. The van der Waals surface area contributed by atoms with E-state index in [1.165, 1.54) is 11.8 Å². The van der Waals surface area contributed by atoms with Crippen LogP contribution in [0.4, 0.5) is 11.4 Å². The molecule has 0 spiro atoms. The summed E-state index contributed by atoms with van der Waals surface area (Å²) in [4.78, 5) is 35.0. The second-order valence-electron chi connectivity index (χ2n) is 5.62. The number of carboxylic acid groups (broad SMARTS) is 1. The zero-order chi connectivity index (χ0) is 18.9. The van der Waals surface area contributed by atoms with Gasteiger partial charge in [0.2, 0.25) is 11.8 Å². The van der Waals surface area contributed by atoms with Crippen LogP contribution in [-0.2, 0) is 14.4 Å². The van der Waals surface area contributed by atoms with Crippen molar-refractivity contribution in [1.82, 2.24) is 0 Å². The molecule has 0 heterocycles. The molecule has 2 rings (SSSR count). The molecule has 0 fully saturated rings. The second-order valence-corrected chi connectivity index (χ2v) is 6.67. The Morgan fingerprint density at radius 1 is 0.923 bits per heavy atom. The third-order valence-corrected chi connectivity index (χ3v) is 4.51. The molecule has 0 unspecified atom stereocenters. The van der Waals surface area contributed by atoms with Gasteiger partial charge in [0, 0.05) is 22.7 Å². The number of rotatable bonds is 8. The molecule has 2 aromatic rings. The quantitative estimate of drug-likeness (QED) is 0.616. The van der Waals surface area contributed by atoms with Crippen molar-refractivity contribution in [3.63, 3.8) is 0 Å². The van der Waals surface area contributed by atoms with Crippen LogP contribution in [0.25, 0.3) is 0 Å². The number of carboxylic acids is 1. The van der Waals surface area contributed by atoms with Gasteiger partial charge in [-0.2, -0.15) is 0 Å². The van der Waals surface area contributed by atoms with Crippen LogP contribution in [0.5, 0.6) is 0 Å². The van der Waals surface area contributed by atoms with Crippen molar-refractivity contribution >= 4 is 40.9 Å². The zero-order valence-electron chi connectivity index (χ0n) is 14.3. The number of amides is 2. The molecule has 0 saturated heterocycles. The summed E-state index contributed by atoms with van der Waals surface area (Å²) in [6.45, 7) is 1.94. The number of anilines is 2. The molecule has 26 heavy (non-hydrogen) atoms. The highest BCUT2D eigenvalue weighted by Gasteiger charge is 2.07. The molecule has 3 N–H and O–H groups in total. The SMILES string of the molecule is Cc1ccccc1NC(=O)CSc1ccc(NC(=O)CCC(=O)O)cc1. The average molecular weight is 372 g/mol.